The van der Waals surface area contributed by atoms with Crippen LogP contribution in [0.25, 0.3) is 0 Å². The van der Waals surface area contributed by atoms with E-state index in [1.165, 1.54) is 7.11 Å². The van der Waals surface area contributed by atoms with Gasteiger partial charge in [-0.3, -0.25) is 9.63 Å². The van der Waals surface area contributed by atoms with Crippen LogP contribution >= 0.6 is 0 Å². The van der Waals surface area contributed by atoms with Gasteiger partial charge in [0.2, 0.25) is 0 Å². The van der Waals surface area contributed by atoms with Gasteiger partial charge in [0, 0.05) is 0 Å². The van der Waals surface area contributed by atoms with Crippen molar-refractivity contribution in [2.75, 3.05) is 7.11 Å². The van der Waals surface area contributed by atoms with Gasteiger partial charge in [0.1, 0.15) is 31.3 Å². The smallest absolute Gasteiger partial charge is 0.434 e. The minimum atomic E-state index is -0.701. The van der Waals surface area contributed by atoms with Crippen LogP contribution in [0.15, 0.2) is 72.8 Å². The van der Waals surface area contributed by atoms with E-state index in [1.54, 1.807) is 0 Å². The van der Waals surface area contributed by atoms with Gasteiger partial charge < -0.3 is 14.2 Å². The number of amides is 1. The Balaban J connectivity index is 1.43. The van der Waals surface area contributed by atoms with Gasteiger partial charge in [-0.25, -0.2) is 4.79 Å². The van der Waals surface area contributed by atoms with Crippen LogP contribution in [-0.2, 0) is 37.1 Å². The van der Waals surface area contributed by atoms with E-state index >= 15 is 0 Å². The van der Waals surface area contributed by atoms with Crippen molar-refractivity contribution in [1.29, 1.82) is 0 Å². The molecule has 1 saturated heterocycles. The van der Waals surface area contributed by atoms with E-state index in [-0.39, 0.29) is 13.2 Å². The number of fused-ring (bicyclic) bond motifs is 2. The van der Waals surface area contributed by atoms with Gasteiger partial charge in [-0.2, -0.15) is 5.06 Å². The summed E-state index contributed by atoms with van der Waals surface area (Å²) < 4.78 is 16.7. The molecule has 7 heteroatoms. The molecule has 2 aliphatic rings. The average molecular weight is 409 g/mol. The molecule has 1 amide bonds. The molecule has 0 N–H and O–H groups in total. The van der Waals surface area contributed by atoms with Crippen LogP contribution < -0.4 is 0 Å². The Hall–Kier alpha value is -3.16. The fourth-order valence-electron chi connectivity index (χ4n) is 3.77. The van der Waals surface area contributed by atoms with Crippen molar-refractivity contribution in [3.8, 4) is 0 Å². The predicted molar refractivity (Wildman–Crippen MR) is 107 cm³/mol. The molecule has 2 aliphatic heterocycles. The van der Waals surface area contributed by atoms with Crippen LogP contribution in [0, 0.1) is 5.92 Å². The fourth-order valence-corrected chi connectivity index (χ4v) is 3.77. The minimum absolute atomic E-state index is 0.0974. The molecule has 4 atom stereocenters. The summed E-state index contributed by atoms with van der Waals surface area (Å²) in [5.41, 5.74) is 1.73. The maximum Gasteiger partial charge on any atom is 0.434 e. The molecule has 0 radical (unpaired) electrons. The Labute approximate surface area is 174 Å². The molecule has 2 bridgehead atoms. The number of carbonyl (C=O) groups is 2. The lowest BCUT2D eigenvalue weighted by atomic mass is 9.89. The lowest BCUT2D eigenvalue weighted by Gasteiger charge is -2.32. The van der Waals surface area contributed by atoms with E-state index in [4.69, 9.17) is 19.0 Å². The maximum absolute atomic E-state index is 12.9. The Kier molecular flexibility index (Phi) is 6.11. The molecule has 4 rings (SSSR count). The summed E-state index contributed by atoms with van der Waals surface area (Å²) in [5, 5.41) is 1.07. The Morgan fingerprint density at radius 2 is 1.43 bits per heavy atom. The van der Waals surface area contributed by atoms with Crippen LogP contribution in [0.2, 0.25) is 0 Å². The number of rotatable bonds is 7. The first kappa shape index (κ1) is 20.1. The summed E-state index contributed by atoms with van der Waals surface area (Å²) >= 11 is 0. The second-order valence-electron chi connectivity index (χ2n) is 7.11. The van der Waals surface area contributed by atoms with Gasteiger partial charge in [0.05, 0.1) is 13.2 Å². The first-order valence-electron chi connectivity index (χ1n) is 9.76. The Bertz CT molecular complexity index is 900. The standard InChI is InChI=1S/C23H23NO6/c1-27-24(23(26)29-15-17-10-6-3-7-11-17)21-19-13-12-18(30-19)20(21)22(25)28-14-16-8-4-2-5-9-16/h2-13,18-21H,14-15H2,1H3/t18-,19+,20-,21+/m0/s1. The minimum Gasteiger partial charge on any atom is -0.460 e. The summed E-state index contributed by atoms with van der Waals surface area (Å²) in [5.74, 6) is -1.15. The van der Waals surface area contributed by atoms with E-state index in [2.05, 4.69) is 0 Å². The molecule has 0 unspecified atom stereocenters. The topological polar surface area (TPSA) is 74.3 Å². The Morgan fingerprint density at radius 1 is 0.867 bits per heavy atom. The van der Waals surface area contributed by atoms with Gasteiger partial charge in [-0.05, 0) is 11.1 Å². The fraction of sp³-hybridized carbons (Fsp3) is 0.304. The van der Waals surface area contributed by atoms with Crippen molar-refractivity contribution < 1.29 is 28.6 Å². The molecular formula is C23H23NO6. The number of ether oxygens (including phenoxy) is 3. The van der Waals surface area contributed by atoms with E-state index in [0.717, 1.165) is 16.2 Å². The van der Waals surface area contributed by atoms with Crippen molar-refractivity contribution in [2.24, 2.45) is 5.92 Å². The summed E-state index contributed by atoms with van der Waals surface area (Å²) in [7, 11) is 1.37. The third-order valence-corrected chi connectivity index (χ3v) is 5.21. The zero-order valence-corrected chi connectivity index (χ0v) is 16.5. The highest BCUT2D eigenvalue weighted by Gasteiger charge is 2.55. The SMILES string of the molecule is CON(C(=O)OCc1ccccc1)[C@H]1[C@@H](C(=O)OCc2ccccc2)[C@@H]2C=C[C@H]1O2. The second-order valence-corrected chi connectivity index (χ2v) is 7.11. The second kappa shape index (κ2) is 9.11. The van der Waals surface area contributed by atoms with Crippen molar-refractivity contribution >= 4 is 12.1 Å². The number of benzene rings is 2. The zero-order valence-electron chi connectivity index (χ0n) is 16.5. The normalized spacial score (nSPS) is 23.9. The lowest BCUT2D eigenvalue weighted by Crippen LogP contribution is -2.51. The van der Waals surface area contributed by atoms with E-state index in [9.17, 15) is 9.59 Å². The third kappa shape index (κ3) is 4.22. The highest BCUT2D eigenvalue weighted by Crippen LogP contribution is 2.38. The molecular weight excluding hydrogens is 386 g/mol. The first-order chi connectivity index (χ1) is 14.7. The van der Waals surface area contributed by atoms with Crippen LogP contribution in [0.3, 0.4) is 0 Å². The molecule has 0 aliphatic carbocycles. The maximum atomic E-state index is 12.9. The summed E-state index contributed by atoms with van der Waals surface area (Å²) in [6.07, 6.45) is 2.03. The number of hydrogen-bond donors (Lipinski definition) is 0. The Morgan fingerprint density at radius 3 is 2.03 bits per heavy atom. The van der Waals surface area contributed by atoms with Gasteiger partial charge in [-0.1, -0.05) is 72.8 Å². The first-order valence-corrected chi connectivity index (χ1v) is 9.76. The van der Waals surface area contributed by atoms with Gasteiger partial charge in [-0.15, -0.1) is 0 Å². The number of hydroxylamine groups is 2. The number of hydrogen-bond acceptors (Lipinski definition) is 6. The molecule has 156 valence electrons. The monoisotopic (exact) mass is 409 g/mol. The molecule has 2 aromatic rings. The average Bonchev–Trinajstić information content (AvgIpc) is 3.40. The van der Waals surface area contributed by atoms with Crippen LogP contribution in [-0.4, -0.2) is 42.5 Å². The van der Waals surface area contributed by atoms with Gasteiger partial charge in [0.25, 0.3) is 0 Å². The van der Waals surface area contributed by atoms with Crippen molar-refractivity contribution in [2.45, 2.75) is 31.5 Å². The molecule has 7 nitrogen and oxygen atoms in total. The van der Waals surface area contributed by atoms with Gasteiger partial charge in [0.15, 0.2) is 0 Å². The van der Waals surface area contributed by atoms with E-state index < -0.39 is 36.2 Å². The van der Waals surface area contributed by atoms with Crippen molar-refractivity contribution in [1.82, 2.24) is 5.06 Å². The van der Waals surface area contributed by atoms with Crippen molar-refractivity contribution in [3.63, 3.8) is 0 Å². The van der Waals surface area contributed by atoms with E-state index in [0.29, 0.717) is 0 Å². The predicted octanol–water partition coefficient (Wildman–Crippen LogP) is 3.25. The van der Waals surface area contributed by atoms with Gasteiger partial charge >= 0.3 is 12.1 Å². The molecule has 30 heavy (non-hydrogen) atoms. The third-order valence-electron chi connectivity index (χ3n) is 5.21. The van der Waals surface area contributed by atoms with Crippen molar-refractivity contribution in [3.05, 3.63) is 83.9 Å². The molecule has 0 spiro atoms. The molecule has 0 aromatic heterocycles. The number of esters is 1. The molecule has 1 fully saturated rings. The summed E-state index contributed by atoms with van der Waals surface area (Å²) in [6, 6.07) is 18.1. The van der Waals surface area contributed by atoms with E-state index in [1.807, 2.05) is 72.8 Å². The van der Waals surface area contributed by atoms with Crippen LogP contribution in [0.1, 0.15) is 11.1 Å². The van der Waals surface area contributed by atoms with Crippen LogP contribution in [0.5, 0.6) is 0 Å². The van der Waals surface area contributed by atoms with Crippen LogP contribution in [0.4, 0.5) is 4.79 Å². The quantitative estimate of drug-likeness (QED) is 0.397. The summed E-state index contributed by atoms with van der Waals surface area (Å²) in [6.45, 7) is 0.246. The highest BCUT2D eigenvalue weighted by atomic mass is 16.7. The number of nitrogens with zero attached hydrogens (tertiary/aromatic N) is 1. The highest BCUT2D eigenvalue weighted by molar-refractivity contribution is 5.77. The zero-order chi connectivity index (χ0) is 20.9. The molecule has 0 saturated carbocycles. The summed E-state index contributed by atoms with van der Waals surface area (Å²) in [4.78, 5) is 30.9. The largest absolute Gasteiger partial charge is 0.460 e. The molecule has 2 aromatic carbocycles. The molecule has 2 heterocycles. The lowest BCUT2D eigenvalue weighted by molar-refractivity contribution is -0.169. The number of carbonyl (C=O) groups excluding carboxylic acids is 2.